The van der Waals surface area contributed by atoms with E-state index in [9.17, 15) is 4.79 Å². The van der Waals surface area contributed by atoms with E-state index in [0.717, 1.165) is 30.9 Å². The van der Waals surface area contributed by atoms with Gasteiger partial charge >= 0.3 is 0 Å². The number of piperidine rings is 1. The van der Waals surface area contributed by atoms with Gasteiger partial charge in [0.05, 0.1) is 5.92 Å². The Morgan fingerprint density at radius 1 is 1.45 bits per heavy atom. The lowest BCUT2D eigenvalue weighted by molar-refractivity contribution is -0.126. The first-order valence-corrected chi connectivity index (χ1v) is 8.00. The number of rotatable bonds is 3. The summed E-state index contributed by atoms with van der Waals surface area (Å²) in [5.41, 5.74) is 1.02. The first-order valence-electron chi connectivity index (χ1n) is 7.62. The number of nitrogens with one attached hydrogen (secondary N) is 2. The molecule has 1 fully saturated rings. The van der Waals surface area contributed by atoms with Gasteiger partial charge in [0, 0.05) is 11.6 Å². The summed E-state index contributed by atoms with van der Waals surface area (Å²) in [6, 6.07) is 5.58. The highest BCUT2D eigenvalue weighted by molar-refractivity contribution is 6.30. The van der Waals surface area contributed by atoms with Crippen molar-refractivity contribution in [3.05, 3.63) is 28.8 Å². The molecule has 0 aliphatic carbocycles. The summed E-state index contributed by atoms with van der Waals surface area (Å²) >= 11 is 6.00. The second-order valence-corrected chi connectivity index (χ2v) is 6.36. The molecular weight excluding hydrogens is 323 g/mol. The molecule has 0 radical (unpaired) electrons. The molecule has 122 valence electrons. The minimum absolute atomic E-state index is 0. The lowest BCUT2D eigenvalue weighted by atomic mass is 9.95. The zero-order valence-electron chi connectivity index (χ0n) is 12.4. The summed E-state index contributed by atoms with van der Waals surface area (Å²) in [5.74, 6) is 1.37. The predicted molar refractivity (Wildman–Crippen MR) is 90.0 cm³/mol. The minimum atomic E-state index is -0.118. The maximum atomic E-state index is 12.3. The molecule has 2 heterocycles. The fourth-order valence-corrected chi connectivity index (χ4v) is 3.21. The van der Waals surface area contributed by atoms with Crippen molar-refractivity contribution >= 4 is 29.9 Å². The van der Waals surface area contributed by atoms with Gasteiger partial charge in [-0.2, -0.15) is 0 Å². The van der Waals surface area contributed by atoms with E-state index in [1.807, 2.05) is 18.2 Å². The van der Waals surface area contributed by atoms with Crippen LogP contribution in [0.1, 0.15) is 18.4 Å². The molecule has 0 bridgehead atoms. The summed E-state index contributed by atoms with van der Waals surface area (Å²) in [6.45, 7) is 3.30. The standard InChI is InChI=1S/C16H21ClN2O2.ClH/c17-14-3-4-15-12(7-14)6-13(10-21-15)16(20)19-9-11-2-1-5-18-8-11;/h3-4,7,11,13,18H,1-2,5-6,8-10H2,(H,19,20);1H. The Kier molecular flexibility index (Phi) is 6.36. The average molecular weight is 345 g/mol. The third kappa shape index (κ3) is 4.28. The van der Waals surface area contributed by atoms with Crippen LogP contribution in [-0.4, -0.2) is 32.1 Å². The molecule has 0 aromatic heterocycles. The molecule has 0 saturated carbocycles. The average Bonchev–Trinajstić information content (AvgIpc) is 2.53. The number of halogens is 2. The Labute approximate surface area is 142 Å². The number of hydrogen-bond acceptors (Lipinski definition) is 3. The first-order chi connectivity index (χ1) is 10.2. The summed E-state index contributed by atoms with van der Waals surface area (Å²) in [7, 11) is 0. The number of ether oxygens (including phenoxy) is 1. The van der Waals surface area contributed by atoms with Crippen LogP contribution in [0, 0.1) is 11.8 Å². The molecule has 1 aromatic carbocycles. The number of fused-ring (bicyclic) bond motifs is 1. The Balaban J connectivity index is 0.00000176. The third-order valence-electron chi connectivity index (χ3n) is 4.26. The van der Waals surface area contributed by atoms with Gasteiger partial charge in [-0.3, -0.25) is 4.79 Å². The molecule has 3 rings (SSSR count). The van der Waals surface area contributed by atoms with E-state index in [4.69, 9.17) is 16.3 Å². The van der Waals surface area contributed by atoms with E-state index in [2.05, 4.69) is 10.6 Å². The van der Waals surface area contributed by atoms with Crippen LogP contribution in [0.2, 0.25) is 5.02 Å². The van der Waals surface area contributed by atoms with Crippen molar-refractivity contribution in [2.24, 2.45) is 11.8 Å². The number of benzene rings is 1. The van der Waals surface area contributed by atoms with Crippen molar-refractivity contribution in [2.75, 3.05) is 26.2 Å². The summed E-state index contributed by atoms with van der Waals surface area (Å²) in [4.78, 5) is 12.3. The predicted octanol–water partition coefficient (Wildman–Crippen LogP) is 2.43. The normalized spacial score (nSPS) is 23.7. The van der Waals surface area contributed by atoms with E-state index in [0.29, 0.717) is 24.0 Å². The molecule has 2 aliphatic heterocycles. The zero-order chi connectivity index (χ0) is 14.7. The van der Waals surface area contributed by atoms with Crippen molar-refractivity contribution in [2.45, 2.75) is 19.3 Å². The van der Waals surface area contributed by atoms with E-state index < -0.39 is 0 Å². The van der Waals surface area contributed by atoms with Crippen LogP contribution >= 0.6 is 24.0 Å². The van der Waals surface area contributed by atoms with Crippen molar-refractivity contribution in [1.29, 1.82) is 0 Å². The Hall–Kier alpha value is -0.970. The van der Waals surface area contributed by atoms with Crippen LogP contribution in [0.5, 0.6) is 5.75 Å². The molecule has 1 saturated heterocycles. The highest BCUT2D eigenvalue weighted by atomic mass is 35.5. The van der Waals surface area contributed by atoms with Gasteiger partial charge < -0.3 is 15.4 Å². The summed E-state index contributed by atoms with van der Waals surface area (Å²) in [6.07, 6.45) is 3.08. The second kappa shape index (κ2) is 8.04. The van der Waals surface area contributed by atoms with Crippen molar-refractivity contribution < 1.29 is 9.53 Å². The first kappa shape index (κ1) is 17.4. The SMILES string of the molecule is Cl.O=C(NCC1CCCNC1)C1COc2ccc(Cl)cc2C1. The van der Waals surface area contributed by atoms with Crippen molar-refractivity contribution in [1.82, 2.24) is 10.6 Å². The van der Waals surface area contributed by atoms with Gasteiger partial charge in [0.15, 0.2) is 0 Å². The lowest BCUT2D eigenvalue weighted by Crippen LogP contribution is -2.42. The van der Waals surface area contributed by atoms with Crippen LogP contribution in [0.4, 0.5) is 0 Å². The third-order valence-corrected chi connectivity index (χ3v) is 4.50. The second-order valence-electron chi connectivity index (χ2n) is 5.92. The largest absolute Gasteiger partial charge is 0.492 e. The molecule has 2 unspecified atom stereocenters. The number of carbonyl (C=O) groups is 1. The van der Waals surface area contributed by atoms with E-state index >= 15 is 0 Å². The monoisotopic (exact) mass is 344 g/mol. The maximum Gasteiger partial charge on any atom is 0.226 e. The topological polar surface area (TPSA) is 50.4 Å². The van der Waals surface area contributed by atoms with Crippen LogP contribution in [0.25, 0.3) is 0 Å². The van der Waals surface area contributed by atoms with Crippen LogP contribution in [0.3, 0.4) is 0 Å². The van der Waals surface area contributed by atoms with E-state index in [1.54, 1.807) is 0 Å². The Bertz CT molecular complexity index is 519. The van der Waals surface area contributed by atoms with Crippen molar-refractivity contribution in [3.8, 4) is 5.75 Å². The number of hydrogen-bond donors (Lipinski definition) is 2. The molecule has 0 spiro atoms. The fourth-order valence-electron chi connectivity index (χ4n) is 3.02. The van der Waals surface area contributed by atoms with Crippen molar-refractivity contribution in [3.63, 3.8) is 0 Å². The smallest absolute Gasteiger partial charge is 0.226 e. The number of carbonyl (C=O) groups excluding carboxylic acids is 1. The molecule has 22 heavy (non-hydrogen) atoms. The molecule has 2 N–H and O–H groups in total. The van der Waals surface area contributed by atoms with Gasteiger partial charge in [0.25, 0.3) is 0 Å². The maximum absolute atomic E-state index is 12.3. The van der Waals surface area contributed by atoms with Gasteiger partial charge in [-0.05, 0) is 62.0 Å². The quantitative estimate of drug-likeness (QED) is 0.885. The van der Waals surface area contributed by atoms with Gasteiger partial charge in [-0.1, -0.05) is 11.6 Å². The molecule has 1 aromatic rings. The van der Waals surface area contributed by atoms with Gasteiger partial charge in [0.2, 0.25) is 5.91 Å². The Morgan fingerprint density at radius 2 is 2.32 bits per heavy atom. The summed E-state index contributed by atoms with van der Waals surface area (Å²) in [5, 5.41) is 7.13. The molecule has 2 aliphatic rings. The van der Waals surface area contributed by atoms with E-state index in [1.165, 1.54) is 12.8 Å². The molecular formula is C16H22Cl2N2O2. The molecule has 1 amide bonds. The number of amides is 1. The van der Waals surface area contributed by atoms with Gasteiger partial charge in [-0.25, -0.2) is 0 Å². The molecule has 4 nitrogen and oxygen atoms in total. The van der Waals surface area contributed by atoms with Crippen LogP contribution in [-0.2, 0) is 11.2 Å². The van der Waals surface area contributed by atoms with E-state index in [-0.39, 0.29) is 24.2 Å². The highest BCUT2D eigenvalue weighted by Crippen LogP contribution is 2.29. The molecule has 6 heteroatoms. The summed E-state index contributed by atoms with van der Waals surface area (Å²) < 4.78 is 5.67. The molecule has 2 atom stereocenters. The zero-order valence-corrected chi connectivity index (χ0v) is 14.0. The Morgan fingerprint density at radius 3 is 3.09 bits per heavy atom. The fraction of sp³-hybridized carbons (Fsp3) is 0.562. The lowest BCUT2D eigenvalue weighted by Gasteiger charge is -2.27. The van der Waals surface area contributed by atoms with Crippen LogP contribution < -0.4 is 15.4 Å². The van der Waals surface area contributed by atoms with Gasteiger partial charge in [0.1, 0.15) is 12.4 Å². The van der Waals surface area contributed by atoms with Gasteiger partial charge in [-0.15, -0.1) is 12.4 Å². The highest BCUT2D eigenvalue weighted by Gasteiger charge is 2.26. The minimum Gasteiger partial charge on any atom is -0.492 e. The van der Waals surface area contributed by atoms with Crippen LogP contribution in [0.15, 0.2) is 18.2 Å².